The largest absolute Gasteiger partial charge is 0.325 e. The van der Waals surface area contributed by atoms with Crippen LogP contribution in [0.3, 0.4) is 0 Å². The number of likely N-dealkylation sites (N-methyl/N-ethyl adjacent to an activating group) is 1. The molecule has 0 fully saturated rings. The molecule has 0 atom stereocenters. The molecule has 0 radical (unpaired) electrons. The van der Waals surface area contributed by atoms with E-state index in [1.807, 2.05) is 31.2 Å². The van der Waals surface area contributed by atoms with Gasteiger partial charge in [0, 0.05) is 10.7 Å². The van der Waals surface area contributed by atoms with Crippen molar-refractivity contribution in [1.82, 2.24) is 14.9 Å². The number of nitrogens with one attached hydrogen (secondary N) is 2. The van der Waals surface area contributed by atoms with Crippen LogP contribution >= 0.6 is 11.6 Å². The van der Waals surface area contributed by atoms with Crippen LogP contribution in [0.15, 0.2) is 47.3 Å². The molecule has 0 spiro atoms. The van der Waals surface area contributed by atoms with E-state index in [1.165, 1.54) is 0 Å². The topological polar surface area (TPSA) is 78.1 Å². The van der Waals surface area contributed by atoms with E-state index < -0.39 is 0 Å². The monoisotopic (exact) mass is 384 g/mol. The van der Waals surface area contributed by atoms with E-state index in [1.54, 1.807) is 30.1 Å². The number of aryl methyl sites for hydroxylation is 1. The number of amides is 1. The molecule has 0 bridgehead atoms. The van der Waals surface area contributed by atoms with Gasteiger partial charge in [-0.3, -0.25) is 14.5 Å². The van der Waals surface area contributed by atoms with Gasteiger partial charge in [0.1, 0.15) is 5.82 Å². The maximum absolute atomic E-state index is 12.3. The number of anilines is 1. The lowest BCUT2D eigenvalue weighted by Crippen LogP contribution is -2.31. The second-order valence-electron chi connectivity index (χ2n) is 6.41. The number of nitrogens with zero attached hydrogens (tertiary/aromatic N) is 2. The van der Waals surface area contributed by atoms with Gasteiger partial charge in [-0.05, 0) is 43.3 Å². The molecule has 2 N–H and O–H groups in total. The first-order chi connectivity index (χ1) is 13.0. The van der Waals surface area contributed by atoms with Crippen molar-refractivity contribution >= 4 is 34.1 Å². The number of fused-ring (bicyclic) bond motifs is 1. The fourth-order valence-corrected chi connectivity index (χ4v) is 3.10. The van der Waals surface area contributed by atoms with Crippen LogP contribution in [0.4, 0.5) is 5.69 Å². The summed E-state index contributed by atoms with van der Waals surface area (Å²) in [6, 6.07) is 12.7. The summed E-state index contributed by atoms with van der Waals surface area (Å²) in [5.74, 6) is 0.364. The maximum atomic E-state index is 12.3. The van der Waals surface area contributed by atoms with Gasteiger partial charge in [-0.25, -0.2) is 4.98 Å². The van der Waals surface area contributed by atoms with Crippen LogP contribution in [-0.4, -0.2) is 34.4 Å². The number of hydrogen-bond donors (Lipinski definition) is 2. The summed E-state index contributed by atoms with van der Waals surface area (Å²) in [6.45, 7) is 2.56. The van der Waals surface area contributed by atoms with Crippen molar-refractivity contribution in [3.63, 3.8) is 0 Å². The molecule has 0 aliphatic heterocycles. The Morgan fingerprint density at radius 1 is 1.26 bits per heavy atom. The molecular formula is C20H21ClN4O2. The van der Waals surface area contributed by atoms with Crippen LogP contribution in [0, 0.1) is 0 Å². The van der Waals surface area contributed by atoms with Gasteiger partial charge < -0.3 is 10.3 Å². The highest BCUT2D eigenvalue weighted by atomic mass is 35.5. The molecule has 0 saturated carbocycles. The zero-order chi connectivity index (χ0) is 19.4. The minimum Gasteiger partial charge on any atom is -0.325 e. The zero-order valence-electron chi connectivity index (χ0n) is 15.3. The molecule has 6 nitrogen and oxygen atoms in total. The number of carbonyl (C=O) groups is 1. The van der Waals surface area contributed by atoms with E-state index in [9.17, 15) is 9.59 Å². The summed E-state index contributed by atoms with van der Waals surface area (Å²) >= 11 is 5.98. The van der Waals surface area contributed by atoms with Crippen molar-refractivity contribution in [1.29, 1.82) is 0 Å². The van der Waals surface area contributed by atoms with E-state index in [0.29, 0.717) is 28.3 Å². The lowest BCUT2D eigenvalue weighted by molar-refractivity contribution is -0.117. The van der Waals surface area contributed by atoms with E-state index in [-0.39, 0.29) is 18.0 Å². The molecule has 0 aliphatic rings. The van der Waals surface area contributed by atoms with E-state index in [0.717, 1.165) is 17.7 Å². The first kappa shape index (κ1) is 19.1. The van der Waals surface area contributed by atoms with Crippen molar-refractivity contribution < 1.29 is 4.79 Å². The van der Waals surface area contributed by atoms with Gasteiger partial charge in [0.15, 0.2) is 0 Å². The summed E-state index contributed by atoms with van der Waals surface area (Å²) in [6.07, 6.45) is 0.844. The normalized spacial score (nSPS) is 11.1. The highest BCUT2D eigenvalue weighted by Gasteiger charge is 2.11. The molecule has 7 heteroatoms. The minimum atomic E-state index is -0.221. The van der Waals surface area contributed by atoms with E-state index in [2.05, 4.69) is 15.3 Å². The molecule has 3 aromatic rings. The summed E-state index contributed by atoms with van der Waals surface area (Å²) in [5.41, 5.74) is 2.23. The van der Waals surface area contributed by atoms with Crippen molar-refractivity contribution in [3.8, 4) is 0 Å². The Morgan fingerprint density at radius 2 is 2.04 bits per heavy atom. The van der Waals surface area contributed by atoms with Crippen LogP contribution < -0.4 is 10.9 Å². The summed E-state index contributed by atoms with van der Waals surface area (Å²) in [7, 11) is 1.80. The third kappa shape index (κ3) is 4.72. The first-order valence-electron chi connectivity index (χ1n) is 8.71. The molecule has 3 rings (SSSR count). The van der Waals surface area contributed by atoms with Crippen molar-refractivity contribution in [2.24, 2.45) is 0 Å². The molecule has 0 saturated heterocycles. The quantitative estimate of drug-likeness (QED) is 0.684. The fraction of sp³-hybridized carbons (Fsp3) is 0.250. The predicted molar refractivity (Wildman–Crippen MR) is 108 cm³/mol. The lowest BCUT2D eigenvalue weighted by atomic mass is 10.1. The molecule has 1 heterocycles. The lowest BCUT2D eigenvalue weighted by Gasteiger charge is -2.17. The number of benzene rings is 2. The van der Waals surface area contributed by atoms with Gasteiger partial charge in [-0.1, -0.05) is 36.7 Å². The number of para-hydroxylation sites is 1. The highest BCUT2D eigenvalue weighted by molar-refractivity contribution is 6.31. The average Bonchev–Trinajstić information content (AvgIpc) is 2.61. The third-order valence-corrected chi connectivity index (χ3v) is 4.46. The van der Waals surface area contributed by atoms with Crippen LogP contribution in [0.1, 0.15) is 18.3 Å². The van der Waals surface area contributed by atoms with Crippen LogP contribution in [0.25, 0.3) is 10.9 Å². The van der Waals surface area contributed by atoms with E-state index >= 15 is 0 Å². The van der Waals surface area contributed by atoms with Gasteiger partial charge >= 0.3 is 0 Å². The van der Waals surface area contributed by atoms with Crippen LogP contribution in [0.2, 0.25) is 5.02 Å². The van der Waals surface area contributed by atoms with Crippen LogP contribution in [-0.2, 0) is 17.8 Å². The fourth-order valence-electron chi connectivity index (χ4n) is 2.93. The van der Waals surface area contributed by atoms with Crippen molar-refractivity contribution in [2.45, 2.75) is 19.9 Å². The SMILES string of the molecule is CCc1ccccc1NC(=O)CN(C)Cc1nc2cc(Cl)ccc2c(=O)[nH]1. The standard InChI is InChI=1S/C20H21ClN4O2/c1-3-13-6-4-5-7-16(13)23-19(26)12-25(2)11-18-22-17-10-14(21)8-9-15(17)20(27)24-18/h4-10H,3,11-12H2,1-2H3,(H,23,26)(H,22,24,27). The number of rotatable bonds is 6. The minimum absolute atomic E-state index is 0.121. The Bertz CT molecular complexity index is 1030. The van der Waals surface area contributed by atoms with Gasteiger partial charge in [0.25, 0.3) is 5.56 Å². The summed E-state index contributed by atoms with van der Waals surface area (Å²) in [5, 5.41) is 3.94. The Morgan fingerprint density at radius 3 is 2.81 bits per heavy atom. The smallest absolute Gasteiger partial charge is 0.258 e. The Hall–Kier alpha value is -2.70. The summed E-state index contributed by atoms with van der Waals surface area (Å²) in [4.78, 5) is 33.5. The predicted octanol–water partition coefficient (Wildman–Crippen LogP) is 3.21. The second kappa shape index (κ2) is 8.33. The number of hydrogen-bond acceptors (Lipinski definition) is 4. The molecule has 140 valence electrons. The Labute approximate surface area is 162 Å². The van der Waals surface area contributed by atoms with Crippen molar-refractivity contribution in [3.05, 3.63) is 69.2 Å². The molecular weight excluding hydrogens is 364 g/mol. The molecule has 1 aromatic heterocycles. The molecule has 2 aromatic carbocycles. The van der Waals surface area contributed by atoms with Gasteiger partial charge in [-0.15, -0.1) is 0 Å². The highest BCUT2D eigenvalue weighted by Crippen LogP contribution is 2.16. The molecule has 1 amide bonds. The molecule has 27 heavy (non-hydrogen) atoms. The van der Waals surface area contributed by atoms with Gasteiger partial charge in [0.05, 0.1) is 24.0 Å². The molecule has 0 unspecified atom stereocenters. The number of aromatic amines is 1. The molecule has 0 aliphatic carbocycles. The van der Waals surface area contributed by atoms with E-state index in [4.69, 9.17) is 11.6 Å². The number of H-pyrrole nitrogens is 1. The van der Waals surface area contributed by atoms with Crippen molar-refractivity contribution in [2.75, 3.05) is 18.9 Å². The first-order valence-corrected chi connectivity index (χ1v) is 9.09. The summed E-state index contributed by atoms with van der Waals surface area (Å²) < 4.78 is 0. The second-order valence-corrected chi connectivity index (χ2v) is 6.84. The third-order valence-electron chi connectivity index (χ3n) is 4.22. The maximum Gasteiger partial charge on any atom is 0.258 e. The Kier molecular flexibility index (Phi) is 5.88. The van der Waals surface area contributed by atoms with Gasteiger partial charge in [-0.2, -0.15) is 0 Å². The van der Waals surface area contributed by atoms with Gasteiger partial charge in [0.2, 0.25) is 5.91 Å². The van der Waals surface area contributed by atoms with Crippen LogP contribution in [0.5, 0.6) is 0 Å². The average molecular weight is 385 g/mol. The number of carbonyl (C=O) groups excluding carboxylic acids is 1. The Balaban J connectivity index is 1.68. The number of halogens is 1. The number of aromatic nitrogens is 2. The zero-order valence-corrected chi connectivity index (χ0v) is 16.0.